The lowest BCUT2D eigenvalue weighted by atomic mass is 10.2. The fourth-order valence-electron chi connectivity index (χ4n) is 2.83. The highest BCUT2D eigenvalue weighted by Gasteiger charge is 2.26. The summed E-state index contributed by atoms with van der Waals surface area (Å²) in [6, 6.07) is 0. The maximum Gasteiger partial charge on any atom is 0.156 e. The second kappa shape index (κ2) is 5.37. The van der Waals surface area contributed by atoms with Crippen LogP contribution in [-0.4, -0.2) is 51.0 Å². The van der Waals surface area contributed by atoms with Gasteiger partial charge in [-0.25, -0.2) is 9.97 Å². The number of fused-ring (bicyclic) bond motifs is 1. The Bertz CT molecular complexity index is 599. The van der Waals surface area contributed by atoms with Crippen molar-refractivity contribution in [3.63, 3.8) is 0 Å². The minimum Gasteiger partial charge on any atom is -0.345 e. The van der Waals surface area contributed by atoms with Crippen molar-refractivity contribution >= 4 is 22.9 Å². The van der Waals surface area contributed by atoms with Gasteiger partial charge in [0.15, 0.2) is 5.65 Å². The highest BCUT2D eigenvalue weighted by Crippen LogP contribution is 2.39. The molecule has 4 nitrogen and oxygen atoms in total. The molecule has 20 heavy (non-hydrogen) atoms. The number of H-pyrrole nitrogens is 1. The summed E-state index contributed by atoms with van der Waals surface area (Å²) in [6.07, 6.45) is 7.69. The number of nitrogens with zero attached hydrogens (tertiary/aromatic N) is 3. The summed E-state index contributed by atoms with van der Waals surface area (Å²) in [4.78, 5) is 15.2. The van der Waals surface area contributed by atoms with Gasteiger partial charge in [-0.2, -0.15) is 11.8 Å². The molecular weight excluding hydrogens is 268 g/mol. The van der Waals surface area contributed by atoms with Crippen LogP contribution in [0.1, 0.15) is 30.0 Å². The Balaban J connectivity index is 1.51. The third-order valence-electron chi connectivity index (χ3n) is 4.28. The third-order valence-corrected chi connectivity index (χ3v) is 5.22. The van der Waals surface area contributed by atoms with E-state index in [-0.39, 0.29) is 0 Å². The molecular formula is C15H20N4S. The second-order valence-electron chi connectivity index (χ2n) is 5.78. The summed E-state index contributed by atoms with van der Waals surface area (Å²) in [5.74, 6) is 3.23. The number of nitrogens with one attached hydrogen (secondary N) is 1. The van der Waals surface area contributed by atoms with Crippen LogP contribution in [0.3, 0.4) is 0 Å². The van der Waals surface area contributed by atoms with Gasteiger partial charge in [0.1, 0.15) is 5.52 Å². The van der Waals surface area contributed by atoms with Gasteiger partial charge in [0.25, 0.3) is 0 Å². The van der Waals surface area contributed by atoms with Crippen molar-refractivity contribution in [3.05, 3.63) is 23.7 Å². The average Bonchev–Trinajstić information content (AvgIpc) is 3.27. The molecule has 0 atom stereocenters. The predicted octanol–water partition coefficient (Wildman–Crippen LogP) is 2.43. The molecule has 106 valence electrons. The van der Waals surface area contributed by atoms with Crippen molar-refractivity contribution < 1.29 is 0 Å². The SMILES string of the molecule is c1nc2[nH]cc(CCN3CCSCC3)c2nc1C1CC1. The summed E-state index contributed by atoms with van der Waals surface area (Å²) in [7, 11) is 0. The number of thioether (sulfide) groups is 1. The Morgan fingerprint density at radius 3 is 2.95 bits per heavy atom. The van der Waals surface area contributed by atoms with Crippen molar-refractivity contribution in [1.82, 2.24) is 19.9 Å². The molecule has 0 unspecified atom stereocenters. The molecule has 1 saturated heterocycles. The van der Waals surface area contributed by atoms with Crippen LogP contribution in [0.2, 0.25) is 0 Å². The molecule has 2 aromatic heterocycles. The molecule has 0 bridgehead atoms. The summed E-state index contributed by atoms with van der Waals surface area (Å²) in [5, 5.41) is 0. The monoisotopic (exact) mass is 288 g/mol. The largest absolute Gasteiger partial charge is 0.345 e. The van der Waals surface area contributed by atoms with E-state index >= 15 is 0 Å². The molecule has 3 heterocycles. The lowest BCUT2D eigenvalue weighted by molar-refractivity contribution is 0.307. The van der Waals surface area contributed by atoms with Crippen LogP contribution in [-0.2, 0) is 6.42 Å². The molecule has 2 aliphatic rings. The number of aromatic nitrogens is 3. The van der Waals surface area contributed by atoms with Crippen LogP contribution in [0, 0.1) is 0 Å². The Morgan fingerprint density at radius 1 is 1.30 bits per heavy atom. The zero-order valence-corrected chi connectivity index (χ0v) is 12.5. The van der Waals surface area contributed by atoms with Gasteiger partial charge >= 0.3 is 0 Å². The lowest BCUT2D eigenvalue weighted by Crippen LogP contribution is -2.34. The van der Waals surface area contributed by atoms with Crippen LogP contribution in [0.25, 0.3) is 11.2 Å². The predicted molar refractivity (Wildman–Crippen MR) is 83.3 cm³/mol. The van der Waals surface area contributed by atoms with E-state index in [1.807, 2.05) is 6.20 Å². The molecule has 0 amide bonds. The van der Waals surface area contributed by atoms with E-state index in [4.69, 9.17) is 4.98 Å². The summed E-state index contributed by atoms with van der Waals surface area (Å²) < 4.78 is 0. The van der Waals surface area contributed by atoms with Crippen LogP contribution in [0.15, 0.2) is 12.4 Å². The Morgan fingerprint density at radius 2 is 2.15 bits per heavy atom. The molecule has 1 N–H and O–H groups in total. The Kier molecular flexibility index (Phi) is 3.40. The lowest BCUT2D eigenvalue weighted by Gasteiger charge is -2.25. The molecule has 5 heteroatoms. The van der Waals surface area contributed by atoms with Crippen LogP contribution >= 0.6 is 11.8 Å². The molecule has 2 fully saturated rings. The van der Waals surface area contributed by atoms with Crippen molar-refractivity contribution in [1.29, 1.82) is 0 Å². The first-order valence-electron chi connectivity index (χ1n) is 7.53. The highest BCUT2D eigenvalue weighted by molar-refractivity contribution is 7.99. The summed E-state index contributed by atoms with van der Waals surface area (Å²) >= 11 is 2.07. The van der Waals surface area contributed by atoms with Gasteiger partial charge in [-0.05, 0) is 24.8 Å². The maximum absolute atomic E-state index is 4.84. The van der Waals surface area contributed by atoms with E-state index in [9.17, 15) is 0 Å². The summed E-state index contributed by atoms with van der Waals surface area (Å²) in [6.45, 7) is 3.60. The Labute approximate surface area is 123 Å². The van der Waals surface area contributed by atoms with Gasteiger partial charge in [0, 0.05) is 43.3 Å². The van der Waals surface area contributed by atoms with Crippen molar-refractivity contribution in [2.75, 3.05) is 31.1 Å². The molecule has 1 aliphatic carbocycles. The van der Waals surface area contributed by atoms with E-state index < -0.39 is 0 Å². The Hall–Kier alpha value is -1.07. The van der Waals surface area contributed by atoms with Gasteiger partial charge in [0.05, 0.1) is 11.9 Å². The molecule has 2 aromatic rings. The molecule has 0 radical (unpaired) electrons. The normalized spacial score (nSPS) is 20.6. The fraction of sp³-hybridized carbons (Fsp3) is 0.600. The van der Waals surface area contributed by atoms with E-state index in [0.717, 1.165) is 24.1 Å². The minimum atomic E-state index is 0.675. The first-order valence-corrected chi connectivity index (χ1v) is 8.68. The zero-order chi connectivity index (χ0) is 13.4. The fourth-order valence-corrected chi connectivity index (χ4v) is 3.80. The van der Waals surface area contributed by atoms with Crippen LogP contribution in [0.5, 0.6) is 0 Å². The first kappa shape index (κ1) is 12.7. The zero-order valence-electron chi connectivity index (χ0n) is 11.6. The van der Waals surface area contributed by atoms with Gasteiger partial charge in [-0.3, -0.25) is 0 Å². The smallest absolute Gasteiger partial charge is 0.156 e. The van der Waals surface area contributed by atoms with E-state index in [1.54, 1.807) is 0 Å². The van der Waals surface area contributed by atoms with Crippen molar-refractivity contribution in [2.24, 2.45) is 0 Å². The maximum atomic E-state index is 4.84. The summed E-state index contributed by atoms with van der Waals surface area (Å²) in [5.41, 5.74) is 4.56. The van der Waals surface area contributed by atoms with E-state index in [2.05, 4.69) is 32.8 Å². The molecule has 0 spiro atoms. The van der Waals surface area contributed by atoms with Gasteiger partial charge < -0.3 is 9.88 Å². The van der Waals surface area contributed by atoms with E-state index in [1.165, 1.54) is 48.7 Å². The van der Waals surface area contributed by atoms with Gasteiger partial charge in [0.2, 0.25) is 0 Å². The number of hydrogen-bond acceptors (Lipinski definition) is 4. The molecule has 0 aromatic carbocycles. The molecule has 1 aliphatic heterocycles. The minimum absolute atomic E-state index is 0.675. The average molecular weight is 288 g/mol. The first-order chi connectivity index (χ1) is 9.90. The van der Waals surface area contributed by atoms with Crippen molar-refractivity contribution in [3.8, 4) is 0 Å². The van der Waals surface area contributed by atoms with Crippen molar-refractivity contribution in [2.45, 2.75) is 25.2 Å². The third kappa shape index (κ3) is 2.56. The molecule has 1 saturated carbocycles. The van der Waals surface area contributed by atoms with Gasteiger partial charge in [-0.15, -0.1) is 0 Å². The number of rotatable bonds is 4. The topological polar surface area (TPSA) is 44.8 Å². The van der Waals surface area contributed by atoms with E-state index in [0.29, 0.717) is 5.92 Å². The quantitative estimate of drug-likeness (QED) is 0.938. The molecule has 4 rings (SSSR count). The standard InChI is InChI=1S/C15H20N4S/c1-2-11(1)13-10-17-15-14(18-13)12(9-16-15)3-4-19-5-7-20-8-6-19/h9-11H,1-8H2,(H,16,17). The van der Waals surface area contributed by atoms with Gasteiger partial charge in [-0.1, -0.05) is 0 Å². The number of aromatic amines is 1. The highest BCUT2D eigenvalue weighted by atomic mass is 32.2. The van der Waals surface area contributed by atoms with Crippen LogP contribution < -0.4 is 0 Å². The second-order valence-corrected chi connectivity index (χ2v) is 7.01. The van der Waals surface area contributed by atoms with Crippen LogP contribution in [0.4, 0.5) is 0 Å². The number of hydrogen-bond donors (Lipinski definition) is 1.